The van der Waals surface area contributed by atoms with E-state index in [2.05, 4.69) is 10.6 Å². The van der Waals surface area contributed by atoms with Gasteiger partial charge in [0.2, 0.25) is 5.95 Å². The van der Waals surface area contributed by atoms with Crippen molar-refractivity contribution in [2.24, 2.45) is 0 Å². The molecule has 0 bridgehead atoms. The van der Waals surface area contributed by atoms with E-state index in [1.54, 1.807) is 4.68 Å². The normalized spacial score (nSPS) is 15.2. The maximum Gasteiger partial charge on any atom is 0.255 e. The van der Waals surface area contributed by atoms with Gasteiger partial charge in [0.1, 0.15) is 6.04 Å². The third-order valence-electron chi connectivity index (χ3n) is 5.28. The van der Waals surface area contributed by atoms with Crippen LogP contribution in [0, 0.1) is 0 Å². The van der Waals surface area contributed by atoms with Crippen LogP contribution in [0.25, 0.3) is 11.4 Å². The summed E-state index contributed by atoms with van der Waals surface area (Å²) in [6, 6.07) is 28.8. The summed E-state index contributed by atoms with van der Waals surface area (Å²) in [6.45, 7) is 1.90. The van der Waals surface area contributed by atoms with Gasteiger partial charge in [0, 0.05) is 16.9 Å². The zero-order valence-corrected chi connectivity index (χ0v) is 17.0. The van der Waals surface area contributed by atoms with Crippen molar-refractivity contribution < 1.29 is 4.79 Å². The number of hydrogen-bond acceptors (Lipinski definition) is 4. The van der Waals surface area contributed by atoms with Gasteiger partial charge in [-0.3, -0.25) is 4.79 Å². The Labute approximate surface area is 180 Å². The number of nitrogens with zero attached hydrogens (tertiary/aromatic N) is 3. The molecule has 3 aromatic carbocycles. The van der Waals surface area contributed by atoms with E-state index in [9.17, 15) is 4.79 Å². The Morgan fingerprint density at radius 3 is 2.19 bits per heavy atom. The zero-order valence-electron chi connectivity index (χ0n) is 17.0. The van der Waals surface area contributed by atoms with E-state index in [0.717, 1.165) is 22.5 Å². The fourth-order valence-electron chi connectivity index (χ4n) is 3.82. The number of allylic oxidation sites excluding steroid dienone is 1. The van der Waals surface area contributed by atoms with Gasteiger partial charge in [-0.1, -0.05) is 78.9 Å². The number of carbonyl (C=O) groups excluding carboxylic acids is 1. The molecule has 0 radical (unpaired) electrons. The van der Waals surface area contributed by atoms with Crippen LogP contribution in [0.1, 0.15) is 18.5 Å². The quantitative estimate of drug-likeness (QED) is 0.506. The van der Waals surface area contributed by atoms with Crippen molar-refractivity contribution >= 4 is 17.5 Å². The molecule has 2 heterocycles. The monoisotopic (exact) mass is 407 g/mol. The Balaban J connectivity index is 1.60. The number of nitrogens with one attached hydrogen (secondary N) is 2. The summed E-state index contributed by atoms with van der Waals surface area (Å²) in [7, 11) is 0. The van der Waals surface area contributed by atoms with Crippen LogP contribution in [-0.4, -0.2) is 20.7 Å². The summed E-state index contributed by atoms with van der Waals surface area (Å²) in [5, 5.41) is 11.1. The van der Waals surface area contributed by atoms with E-state index in [-0.39, 0.29) is 5.91 Å². The van der Waals surface area contributed by atoms with Crippen molar-refractivity contribution in [1.29, 1.82) is 0 Å². The second kappa shape index (κ2) is 7.91. The minimum Gasteiger partial charge on any atom is -0.328 e. The fourth-order valence-corrected chi connectivity index (χ4v) is 3.82. The molecule has 0 spiro atoms. The number of aromatic nitrogens is 3. The first-order chi connectivity index (χ1) is 15.2. The summed E-state index contributed by atoms with van der Waals surface area (Å²) in [4.78, 5) is 18.1. The molecule has 6 heteroatoms. The van der Waals surface area contributed by atoms with Crippen molar-refractivity contribution in [2.45, 2.75) is 13.0 Å². The highest BCUT2D eigenvalue weighted by Crippen LogP contribution is 2.36. The summed E-state index contributed by atoms with van der Waals surface area (Å²) < 4.78 is 1.80. The van der Waals surface area contributed by atoms with Crippen LogP contribution in [0.4, 0.5) is 11.6 Å². The molecule has 1 aromatic heterocycles. The first-order valence-corrected chi connectivity index (χ1v) is 10.1. The van der Waals surface area contributed by atoms with Crippen molar-refractivity contribution in [2.75, 3.05) is 10.6 Å². The maximum atomic E-state index is 13.4. The standard InChI is InChI=1S/C25H21N5O/c1-17-21(24(31)27-20-15-9-4-10-16-20)22(18-11-5-2-6-12-18)30-25(26-17)28-23(29-30)19-13-7-3-8-14-19/h2-16,22H,1H3,(H,27,31)(H,26,28,29)/t22-/m1/s1. The highest BCUT2D eigenvalue weighted by atomic mass is 16.1. The number of hydrogen-bond donors (Lipinski definition) is 2. The van der Waals surface area contributed by atoms with Crippen LogP contribution in [0.15, 0.2) is 102 Å². The minimum atomic E-state index is -0.397. The van der Waals surface area contributed by atoms with Crippen molar-refractivity contribution in [3.05, 3.63) is 108 Å². The summed E-state index contributed by atoms with van der Waals surface area (Å²) in [5.41, 5.74) is 3.99. The smallest absolute Gasteiger partial charge is 0.255 e. The second-order valence-corrected chi connectivity index (χ2v) is 7.37. The minimum absolute atomic E-state index is 0.174. The van der Waals surface area contributed by atoms with Gasteiger partial charge in [0.15, 0.2) is 5.82 Å². The molecular weight excluding hydrogens is 386 g/mol. The molecule has 31 heavy (non-hydrogen) atoms. The van der Waals surface area contributed by atoms with Gasteiger partial charge in [-0.2, -0.15) is 4.98 Å². The largest absolute Gasteiger partial charge is 0.328 e. The Morgan fingerprint density at radius 1 is 0.903 bits per heavy atom. The highest BCUT2D eigenvalue weighted by molar-refractivity contribution is 6.06. The zero-order chi connectivity index (χ0) is 21.2. The molecule has 0 saturated carbocycles. The number of para-hydroxylation sites is 1. The predicted molar refractivity (Wildman–Crippen MR) is 121 cm³/mol. The Bertz CT molecular complexity index is 1250. The van der Waals surface area contributed by atoms with Crippen molar-refractivity contribution in [3.8, 4) is 11.4 Å². The van der Waals surface area contributed by atoms with E-state index in [0.29, 0.717) is 17.3 Å². The van der Waals surface area contributed by atoms with Gasteiger partial charge in [-0.15, -0.1) is 5.10 Å². The van der Waals surface area contributed by atoms with E-state index in [1.807, 2.05) is 97.9 Å². The van der Waals surface area contributed by atoms with Crippen LogP contribution in [0.2, 0.25) is 0 Å². The Kier molecular flexibility index (Phi) is 4.80. The maximum absolute atomic E-state index is 13.4. The molecule has 0 saturated heterocycles. The number of carbonyl (C=O) groups is 1. The topological polar surface area (TPSA) is 71.8 Å². The lowest BCUT2D eigenvalue weighted by Gasteiger charge is -2.28. The van der Waals surface area contributed by atoms with Crippen LogP contribution in [0.3, 0.4) is 0 Å². The Morgan fingerprint density at radius 2 is 1.52 bits per heavy atom. The summed E-state index contributed by atoms with van der Waals surface area (Å²) >= 11 is 0. The van der Waals surface area contributed by atoms with Crippen molar-refractivity contribution in [1.82, 2.24) is 14.8 Å². The number of benzene rings is 3. The molecule has 152 valence electrons. The van der Waals surface area contributed by atoms with E-state index >= 15 is 0 Å². The van der Waals surface area contributed by atoms with Gasteiger partial charge in [-0.25, -0.2) is 4.68 Å². The van der Waals surface area contributed by atoms with E-state index in [4.69, 9.17) is 10.1 Å². The predicted octanol–water partition coefficient (Wildman–Crippen LogP) is 4.87. The first kappa shape index (κ1) is 18.8. The van der Waals surface area contributed by atoms with Crippen LogP contribution in [0.5, 0.6) is 0 Å². The Hall–Kier alpha value is -4.19. The second-order valence-electron chi connectivity index (χ2n) is 7.37. The van der Waals surface area contributed by atoms with Crippen LogP contribution >= 0.6 is 0 Å². The molecule has 0 fully saturated rings. The number of rotatable bonds is 4. The molecule has 0 unspecified atom stereocenters. The summed E-state index contributed by atoms with van der Waals surface area (Å²) in [5.74, 6) is 1.05. The molecular formula is C25H21N5O. The molecule has 4 aromatic rings. The molecule has 2 N–H and O–H groups in total. The van der Waals surface area contributed by atoms with Gasteiger partial charge in [0.05, 0.1) is 5.57 Å². The van der Waals surface area contributed by atoms with Crippen LogP contribution in [-0.2, 0) is 4.79 Å². The molecule has 6 nitrogen and oxygen atoms in total. The molecule has 1 atom stereocenters. The lowest BCUT2D eigenvalue weighted by Crippen LogP contribution is -2.31. The SMILES string of the molecule is CC1=C(C(=O)Nc2ccccc2)[C@@H](c2ccccc2)n2nc(-c3ccccc3)nc2N1. The number of anilines is 2. The van der Waals surface area contributed by atoms with Gasteiger partial charge < -0.3 is 10.6 Å². The molecule has 1 amide bonds. The summed E-state index contributed by atoms with van der Waals surface area (Å²) in [6.07, 6.45) is 0. The highest BCUT2D eigenvalue weighted by Gasteiger charge is 2.34. The van der Waals surface area contributed by atoms with E-state index < -0.39 is 6.04 Å². The molecule has 0 aliphatic carbocycles. The van der Waals surface area contributed by atoms with Crippen molar-refractivity contribution in [3.63, 3.8) is 0 Å². The molecule has 1 aliphatic heterocycles. The molecule has 5 rings (SSSR count). The third-order valence-corrected chi connectivity index (χ3v) is 5.28. The third kappa shape index (κ3) is 3.59. The van der Waals surface area contributed by atoms with Gasteiger partial charge >= 0.3 is 0 Å². The number of amides is 1. The lowest BCUT2D eigenvalue weighted by atomic mass is 9.95. The average Bonchev–Trinajstić information content (AvgIpc) is 3.23. The van der Waals surface area contributed by atoms with Crippen LogP contribution < -0.4 is 10.6 Å². The van der Waals surface area contributed by atoms with E-state index in [1.165, 1.54) is 0 Å². The fraction of sp³-hybridized carbons (Fsp3) is 0.0800. The van der Waals surface area contributed by atoms with Gasteiger partial charge in [-0.05, 0) is 24.6 Å². The molecule has 1 aliphatic rings. The first-order valence-electron chi connectivity index (χ1n) is 10.1. The number of fused-ring (bicyclic) bond motifs is 1. The van der Waals surface area contributed by atoms with Gasteiger partial charge in [0.25, 0.3) is 5.91 Å². The lowest BCUT2D eigenvalue weighted by molar-refractivity contribution is -0.113. The average molecular weight is 407 g/mol.